The molecule has 14 heavy (non-hydrogen) atoms. The van der Waals surface area contributed by atoms with Crippen molar-refractivity contribution in [2.75, 3.05) is 0 Å². The Bertz CT molecular complexity index is 160. The number of unbranched alkanes of at least 4 members (excludes halogenated alkanes) is 1. The van der Waals surface area contributed by atoms with E-state index in [1.54, 1.807) is 0 Å². The first-order chi connectivity index (χ1) is 6.45. The average molecular weight is 202 g/mol. The van der Waals surface area contributed by atoms with Crippen LogP contribution in [0.15, 0.2) is 0 Å². The van der Waals surface area contributed by atoms with Crippen LogP contribution in [0.1, 0.15) is 53.4 Å². The van der Waals surface area contributed by atoms with Crippen LogP contribution in [0.5, 0.6) is 0 Å². The van der Waals surface area contributed by atoms with Gasteiger partial charge in [0.15, 0.2) is 0 Å². The Labute approximate surface area is 86.5 Å². The Morgan fingerprint density at radius 3 is 1.86 bits per heavy atom. The zero-order chi connectivity index (χ0) is 11.6. The molecule has 0 heterocycles. The molecule has 0 spiro atoms. The second-order valence-electron chi connectivity index (χ2n) is 3.49. The van der Waals surface area contributed by atoms with Gasteiger partial charge in [-0.05, 0) is 26.7 Å². The number of carboxylic acids is 1. The lowest BCUT2D eigenvalue weighted by Crippen LogP contribution is -2.11. The van der Waals surface area contributed by atoms with Gasteiger partial charge in [-0.15, -0.1) is 0 Å². The highest BCUT2D eigenvalue weighted by atomic mass is 16.4. The summed E-state index contributed by atoms with van der Waals surface area (Å²) in [4.78, 5) is 19.9. The van der Waals surface area contributed by atoms with Crippen molar-refractivity contribution in [1.82, 2.24) is 0 Å². The molecule has 3 nitrogen and oxygen atoms in total. The predicted octanol–water partition coefficient (Wildman–Crippen LogP) is 2.88. The van der Waals surface area contributed by atoms with Gasteiger partial charge in [-0.25, -0.2) is 0 Å². The minimum Gasteiger partial charge on any atom is -0.481 e. The number of hydrogen-bond acceptors (Lipinski definition) is 2. The van der Waals surface area contributed by atoms with Gasteiger partial charge < -0.3 is 9.90 Å². The Morgan fingerprint density at radius 1 is 1.21 bits per heavy atom. The molecule has 0 aliphatic heterocycles. The van der Waals surface area contributed by atoms with Crippen molar-refractivity contribution in [2.45, 2.75) is 53.4 Å². The normalized spacial score (nSPS) is 11.1. The number of hydrogen-bond donors (Lipinski definition) is 1. The minimum absolute atomic E-state index is 0.111. The molecular weight excluding hydrogens is 180 g/mol. The van der Waals surface area contributed by atoms with Crippen LogP contribution in [0.3, 0.4) is 0 Å². The summed E-state index contributed by atoms with van der Waals surface area (Å²) < 4.78 is 0. The summed E-state index contributed by atoms with van der Waals surface area (Å²) in [6, 6.07) is 0. The number of carbonyl (C=O) groups is 2. The Morgan fingerprint density at radius 2 is 1.64 bits per heavy atom. The number of aliphatic carboxylic acids is 1. The minimum atomic E-state index is -0.643. The van der Waals surface area contributed by atoms with Gasteiger partial charge in [0.25, 0.3) is 0 Å². The van der Waals surface area contributed by atoms with E-state index < -0.39 is 5.97 Å². The first kappa shape index (κ1) is 15.6. The van der Waals surface area contributed by atoms with Crippen LogP contribution in [0.2, 0.25) is 0 Å². The van der Waals surface area contributed by atoms with Crippen LogP contribution in [-0.2, 0) is 9.59 Å². The molecular formula is C11H22O3. The van der Waals surface area contributed by atoms with Crippen molar-refractivity contribution >= 4 is 11.8 Å². The third-order valence-corrected chi connectivity index (χ3v) is 1.75. The molecule has 0 aliphatic carbocycles. The van der Waals surface area contributed by atoms with Crippen LogP contribution >= 0.6 is 0 Å². The van der Waals surface area contributed by atoms with E-state index in [4.69, 9.17) is 5.11 Å². The van der Waals surface area contributed by atoms with Crippen LogP contribution < -0.4 is 0 Å². The summed E-state index contributed by atoms with van der Waals surface area (Å²) in [6.45, 7) is 7.06. The van der Waals surface area contributed by atoms with Gasteiger partial charge in [-0.3, -0.25) is 4.79 Å². The average Bonchev–Trinajstić information content (AvgIpc) is 2.04. The van der Waals surface area contributed by atoms with Gasteiger partial charge >= 0.3 is 5.97 Å². The molecule has 84 valence electrons. The molecule has 1 unspecified atom stereocenters. The Kier molecular flexibility index (Phi) is 11.4. The zero-order valence-electron chi connectivity index (χ0n) is 9.67. The van der Waals surface area contributed by atoms with Gasteiger partial charge in [-0.1, -0.05) is 26.7 Å². The number of ketones is 1. The summed E-state index contributed by atoms with van der Waals surface area (Å²) >= 11 is 0. The van der Waals surface area contributed by atoms with E-state index in [0.29, 0.717) is 0 Å². The third-order valence-electron chi connectivity index (χ3n) is 1.75. The number of Topliss-reactive ketones (excluding diaryl/α,β-unsaturated/α-hetero) is 1. The molecule has 0 aliphatic rings. The second-order valence-corrected chi connectivity index (χ2v) is 3.49. The second kappa shape index (κ2) is 10.2. The summed E-state index contributed by atoms with van der Waals surface area (Å²) in [7, 11) is 0. The molecule has 0 aromatic heterocycles. The highest BCUT2D eigenvalue weighted by Crippen LogP contribution is 2.11. The van der Waals surface area contributed by atoms with Gasteiger partial charge in [-0.2, -0.15) is 0 Å². The molecule has 0 rings (SSSR count). The third kappa shape index (κ3) is 13.7. The lowest BCUT2D eigenvalue weighted by Gasteiger charge is -2.06. The molecule has 0 fully saturated rings. The number of carboxylic acid groups (broad SMARTS) is 1. The topological polar surface area (TPSA) is 54.4 Å². The van der Waals surface area contributed by atoms with Gasteiger partial charge in [0.1, 0.15) is 5.78 Å². The fourth-order valence-electron chi connectivity index (χ4n) is 0.953. The van der Waals surface area contributed by atoms with Crippen LogP contribution in [0.25, 0.3) is 0 Å². The molecule has 0 aromatic rings. The smallest absolute Gasteiger partial charge is 0.306 e. The summed E-state index contributed by atoms with van der Waals surface area (Å²) in [5.41, 5.74) is 0. The molecule has 1 atom stereocenters. The molecule has 0 amide bonds. The number of rotatable bonds is 5. The van der Waals surface area contributed by atoms with Crippen LogP contribution in [0.4, 0.5) is 0 Å². The highest BCUT2D eigenvalue weighted by molar-refractivity contribution is 5.72. The molecule has 0 bridgehead atoms. The van der Waals surface area contributed by atoms with Gasteiger partial charge in [0.2, 0.25) is 0 Å². The maximum Gasteiger partial charge on any atom is 0.306 e. The monoisotopic (exact) mass is 202 g/mol. The molecule has 1 N–H and O–H groups in total. The van der Waals surface area contributed by atoms with E-state index in [9.17, 15) is 9.59 Å². The summed E-state index contributed by atoms with van der Waals surface area (Å²) in [5.74, 6) is -0.587. The van der Waals surface area contributed by atoms with E-state index in [0.717, 1.165) is 25.7 Å². The number of carbonyl (C=O) groups excluding carboxylic acids is 1. The molecule has 0 aromatic carbocycles. The van der Waals surface area contributed by atoms with Crippen molar-refractivity contribution in [3.63, 3.8) is 0 Å². The van der Waals surface area contributed by atoms with Crippen molar-refractivity contribution in [2.24, 2.45) is 5.92 Å². The van der Waals surface area contributed by atoms with E-state index >= 15 is 0 Å². The van der Waals surface area contributed by atoms with E-state index in [1.165, 1.54) is 13.8 Å². The SMILES string of the molecule is CC(C)=O.CCCCC(CC)C(=O)O. The first-order valence-electron chi connectivity index (χ1n) is 5.15. The van der Waals surface area contributed by atoms with Gasteiger partial charge in [0.05, 0.1) is 5.92 Å². The van der Waals surface area contributed by atoms with Crippen molar-refractivity contribution in [1.29, 1.82) is 0 Å². The summed E-state index contributed by atoms with van der Waals surface area (Å²) in [5, 5.41) is 8.60. The van der Waals surface area contributed by atoms with Crippen molar-refractivity contribution in [3.05, 3.63) is 0 Å². The standard InChI is InChI=1S/C8H16O2.C3H6O/c1-3-5-6-7(4-2)8(9)10;1-3(2)4/h7H,3-6H2,1-2H3,(H,9,10);1-2H3. The Balaban J connectivity index is 0. The highest BCUT2D eigenvalue weighted by Gasteiger charge is 2.12. The molecule has 0 saturated heterocycles. The molecule has 3 heteroatoms. The van der Waals surface area contributed by atoms with E-state index in [-0.39, 0.29) is 11.7 Å². The maximum absolute atomic E-state index is 10.4. The lowest BCUT2D eigenvalue weighted by molar-refractivity contribution is -0.142. The molecule has 0 saturated carbocycles. The van der Waals surface area contributed by atoms with Crippen molar-refractivity contribution < 1.29 is 14.7 Å². The zero-order valence-corrected chi connectivity index (χ0v) is 9.67. The van der Waals surface area contributed by atoms with Crippen LogP contribution in [0, 0.1) is 5.92 Å². The maximum atomic E-state index is 10.4. The summed E-state index contributed by atoms with van der Waals surface area (Å²) in [6.07, 6.45) is 3.71. The Hall–Kier alpha value is -0.860. The fourth-order valence-corrected chi connectivity index (χ4v) is 0.953. The van der Waals surface area contributed by atoms with Crippen LogP contribution in [-0.4, -0.2) is 16.9 Å². The first-order valence-corrected chi connectivity index (χ1v) is 5.15. The fraction of sp³-hybridized carbons (Fsp3) is 0.818. The largest absolute Gasteiger partial charge is 0.481 e. The molecule has 0 radical (unpaired) electrons. The van der Waals surface area contributed by atoms with Gasteiger partial charge in [0, 0.05) is 0 Å². The lowest BCUT2D eigenvalue weighted by atomic mass is 10.00. The van der Waals surface area contributed by atoms with E-state index in [2.05, 4.69) is 6.92 Å². The van der Waals surface area contributed by atoms with Crippen molar-refractivity contribution in [3.8, 4) is 0 Å². The van der Waals surface area contributed by atoms with E-state index in [1.807, 2.05) is 6.92 Å². The predicted molar refractivity (Wildman–Crippen MR) is 57.3 cm³/mol. The quantitative estimate of drug-likeness (QED) is 0.745.